The van der Waals surface area contributed by atoms with Crippen molar-refractivity contribution in [2.24, 2.45) is 0 Å². The second-order valence-corrected chi connectivity index (χ2v) is 8.92. The van der Waals surface area contributed by atoms with Gasteiger partial charge in [0.25, 0.3) is 11.1 Å². The van der Waals surface area contributed by atoms with Gasteiger partial charge in [0.05, 0.1) is 22.2 Å². The molecule has 1 aliphatic heterocycles. The van der Waals surface area contributed by atoms with E-state index < -0.39 is 17.0 Å². The first kappa shape index (κ1) is 21.7. The largest absolute Gasteiger partial charge is 0.316 e. The quantitative estimate of drug-likeness (QED) is 0.391. The van der Waals surface area contributed by atoms with Crippen molar-refractivity contribution in [2.75, 3.05) is 0 Å². The van der Waals surface area contributed by atoms with E-state index in [2.05, 4.69) is 0 Å². The molecule has 2 amide bonds. The first-order valence-corrected chi connectivity index (χ1v) is 11.0. The highest BCUT2D eigenvalue weighted by molar-refractivity contribution is 8.18. The molecular weight excluding hydrogens is 458 g/mol. The minimum atomic E-state index is -0.475. The number of carbonyl (C=O) groups is 2. The average Bonchev–Trinajstić information content (AvgIpc) is 3.14. The molecule has 8 heteroatoms. The van der Waals surface area contributed by atoms with Crippen LogP contribution in [0.25, 0.3) is 11.8 Å². The van der Waals surface area contributed by atoms with Crippen molar-refractivity contribution in [1.82, 2.24) is 9.47 Å². The van der Waals surface area contributed by atoms with Crippen LogP contribution in [0.5, 0.6) is 0 Å². The Hall–Kier alpha value is -2.54. The fraction of sp³-hybridized carbons (Fsp3) is 0.130. The molecular formula is C23H17Cl2FN2O2S. The number of benzene rings is 2. The first-order chi connectivity index (χ1) is 14.8. The van der Waals surface area contributed by atoms with E-state index in [9.17, 15) is 14.0 Å². The van der Waals surface area contributed by atoms with Crippen LogP contribution in [0.15, 0.2) is 53.4 Å². The molecule has 2 heterocycles. The van der Waals surface area contributed by atoms with Crippen LogP contribution in [0.3, 0.4) is 0 Å². The molecule has 0 bridgehead atoms. The van der Waals surface area contributed by atoms with Gasteiger partial charge in [-0.1, -0.05) is 41.4 Å². The van der Waals surface area contributed by atoms with Crippen molar-refractivity contribution in [3.8, 4) is 5.69 Å². The lowest BCUT2D eigenvalue weighted by molar-refractivity contribution is -0.123. The van der Waals surface area contributed by atoms with Crippen LogP contribution < -0.4 is 0 Å². The minimum absolute atomic E-state index is 0.0141. The van der Waals surface area contributed by atoms with Crippen molar-refractivity contribution < 1.29 is 14.0 Å². The summed E-state index contributed by atoms with van der Waals surface area (Å²) in [7, 11) is 0. The Balaban J connectivity index is 1.64. The maximum Gasteiger partial charge on any atom is 0.293 e. The Labute approximate surface area is 193 Å². The van der Waals surface area contributed by atoms with E-state index >= 15 is 0 Å². The van der Waals surface area contributed by atoms with Crippen molar-refractivity contribution >= 4 is 52.2 Å². The van der Waals surface area contributed by atoms with Crippen LogP contribution in [0.4, 0.5) is 9.18 Å². The topological polar surface area (TPSA) is 42.3 Å². The van der Waals surface area contributed by atoms with E-state index in [0.717, 1.165) is 45.4 Å². The molecule has 4 rings (SSSR count). The summed E-state index contributed by atoms with van der Waals surface area (Å²) in [6.45, 7) is 3.88. The van der Waals surface area contributed by atoms with Gasteiger partial charge in [-0.15, -0.1) is 0 Å². The standard InChI is InChI=1S/C23H17Cl2FN2O2S/c1-13-9-16(14(2)28(13)20-6-4-3-5-18(20)24)10-21-22(29)27(23(30)31-21)12-15-7-8-17(26)11-19(15)25/h3-11H,12H2,1-2H3/b21-10-. The van der Waals surface area contributed by atoms with Gasteiger partial charge < -0.3 is 4.57 Å². The molecule has 158 valence electrons. The number of carbonyl (C=O) groups excluding carboxylic acids is 2. The van der Waals surface area contributed by atoms with Crippen molar-refractivity contribution in [2.45, 2.75) is 20.4 Å². The first-order valence-electron chi connectivity index (χ1n) is 9.39. The normalized spacial score (nSPS) is 15.4. The zero-order chi connectivity index (χ0) is 22.3. The van der Waals surface area contributed by atoms with Gasteiger partial charge in [-0.3, -0.25) is 14.5 Å². The zero-order valence-electron chi connectivity index (χ0n) is 16.7. The van der Waals surface area contributed by atoms with E-state index in [4.69, 9.17) is 23.2 Å². The molecule has 4 nitrogen and oxygen atoms in total. The molecule has 0 atom stereocenters. The lowest BCUT2D eigenvalue weighted by Gasteiger charge is -2.13. The third-order valence-electron chi connectivity index (χ3n) is 5.07. The molecule has 0 radical (unpaired) electrons. The molecule has 2 aromatic carbocycles. The van der Waals surface area contributed by atoms with Crippen LogP contribution in [-0.4, -0.2) is 20.6 Å². The predicted molar refractivity (Wildman–Crippen MR) is 123 cm³/mol. The number of amides is 2. The number of hydrogen-bond donors (Lipinski definition) is 0. The second kappa shape index (κ2) is 8.54. The predicted octanol–water partition coefficient (Wildman–Crippen LogP) is 6.78. The fourth-order valence-electron chi connectivity index (χ4n) is 3.54. The average molecular weight is 475 g/mol. The number of aryl methyl sites for hydroxylation is 1. The number of para-hydroxylation sites is 1. The van der Waals surface area contributed by atoms with Gasteiger partial charge in [0.15, 0.2) is 0 Å². The molecule has 1 aliphatic rings. The molecule has 1 fully saturated rings. The lowest BCUT2D eigenvalue weighted by atomic mass is 10.2. The zero-order valence-corrected chi connectivity index (χ0v) is 19.0. The molecule has 0 saturated carbocycles. The van der Waals surface area contributed by atoms with Crippen LogP contribution in [0.2, 0.25) is 10.0 Å². The molecule has 1 saturated heterocycles. The Bertz CT molecular complexity index is 1250. The number of hydrogen-bond acceptors (Lipinski definition) is 3. The van der Waals surface area contributed by atoms with E-state index in [1.165, 1.54) is 12.1 Å². The Morgan fingerprint density at radius 2 is 1.77 bits per heavy atom. The Morgan fingerprint density at radius 1 is 1.03 bits per heavy atom. The third-order valence-corrected chi connectivity index (χ3v) is 6.65. The highest BCUT2D eigenvalue weighted by Crippen LogP contribution is 2.36. The number of rotatable bonds is 4. The third kappa shape index (κ3) is 4.15. The Kier molecular flexibility index (Phi) is 5.97. The van der Waals surface area contributed by atoms with Gasteiger partial charge in [0.2, 0.25) is 0 Å². The summed E-state index contributed by atoms with van der Waals surface area (Å²) < 4.78 is 15.3. The van der Waals surface area contributed by atoms with Crippen LogP contribution in [0.1, 0.15) is 22.5 Å². The van der Waals surface area contributed by atoms with Crippen LogP contribution in [0, 0.1) is 19.7 Å². The number of aromatic nitrogens is 1. The number of nitrogens with zero attached hydrogens (tertiary/aromatic N) is 2. The summed E-state index contributed by atoms with van der Waals surface area (Å²) in [5.74, 6) is -0.880. The van der Waals surface area contributed by atoms with E-state index in [-0.39, 0.29) is 11.6 Å². The summed E-state index contributed by atoms with van der Waals surface area (Å²) in [6, 6.07) is 13.4. The van der Waals surface area contributed by atoms with Gasteiger partial charge in [0.1, 0.15) is 5.82 Å². The molecule has 0 aliphatic carbocycles. The van der Waals surface area contributed by atoms with Gasteiger partial charge in [-0.05, 0) is 73.1 Å². The van der Waals surface area contributed by atoms with E-state index in [0.29, 0.717) is 15.5 Å². The van der Waals surface area contributed by atoms with Crippen LogP contribution >= 0.6 is 35.0 Å². The second-order valence-electron chi connectivity index (χ2n) is 7.12. The number of thioether (sulfide) groups is 1. The summed E-state index contributed by atoms with van der Waals surface area (Å²) in [4.78, 5) is 26.8. The number of halogens is 3. The van der Waals surface area contributed by atoms with Gasteiger partial charge in [0, 0.05) is 16.4 Å². The van der Waals surface area contributed by atoms with Crippen LogP contribution in [-0.2, 0) is 11.3 Å². The molecule has 0 unspecified atom stereocenters. The van der Waals surface area contributed by atoms with Gasteiger partial charge >= 0.3 is 0 Å². The van der Waals surface area contributed by atoms with Gasteiger partial charge in [-0.2, -0.15) is 0 Å². The fourth-order valence-corrected chi connectivity index (χ4v) is 4.81. The van der Waals surface area contributed by atoms with Crippen molar-refractivity contribution in [1.29, 1.82) is 0 Å². The monoisotopic (exact) mass is 474 g/mol. The summed E-state index contributed by atoms with van der Waals surface area (Å²) in [5.41, 5.74) is 4.03. The summed E-state index contributed by atoms with van der Waals surface area (Å²) in [6.07, 6.45) is 1.72. The van der Waals surface area contributed by atoms with Crippen molar-refractivity contribution in [3.63, 3.8) is 0 Å². The summed E-state index contributed by atoms with van der Waals surface area (Å²) in [5, 5.41) is 0.398. The maximum atomic E-state index is 13.3. The minimum Gasteiger partial charge on any atom is -0.316 e. The molecule has 0 N–H and O–H groups in total. The van der Waals surface area contributed by atoms with E-state index in [1.807, 2.05) is 48.7 Å². The maximum absolute atomic E-state index is 13.3. The molecule has 3 aromatic rings. The van der Waals surface area contributed by atoms with E-state index in [1.54, 1.807) is 6.08 Å². The lowest BCUT2D eigenvalue weighted by Crippen LogP contribution is -2.27. The molecule has 0 spiro atoms. The molecule has 31 heavy (non-hydrogen) atoms. The molecule has 1 aromatic heterocycles. The highest BCUT2D eigenvalue weighted by Gasteiger charge is 2.35. The van der Waals surface area contributed by atoms with Gasteiger partial charge in [-0.25, -0.2) is 4.39 Å². The van der Waals surface area contributed by atoms with Crippen molar-refractivity contribution in [3.05, 3.63) is 91.8 Å². The summed E-state index contributed by atoms with van der Waals surface area (Å²) >= 11 is 13.3. The number of imide groups is 1. The highest BCUT2D eigenvalue weighted by atomic mass is 35.5. The smallest absolute Gasteiger partial charge is 0.293 e. The SMILES string of the molecule is Cc1cc(/C=C2\SC(=O)N(Cc3ccc(F)cc3Cl)C2=O)c(C)n1-c1ccccc1Cl. The Morgan fingerprint density at radius 3 is 2.48 bits per heavy atom.